The number of carbonyl (C=O) groups is 1. The van der Waals surface area contributed by atoms with Gasteiger partial charge in [0, 0.05) is 17.8 Å². The Morgan fingerprint density at radius 1 is 1.47 bits per heavy atom. The number of benzene rings is 1. The first-order valence-corrected chi connectivity index (χ1v) is 5.86. The van der Waals surface area contributed by atoms with Gasteiger partial charge < -0.3 is 16.2 Å². The second-order valence-corrected chi connectivity index (χ2v) is 4.24. The van der Waals surface area contributed by atoms with Crippen molar-refractivity contribution < 1.29 is 9.90 Å². The van der Waals surface area contributed by atoms with Crippen LogP contribution in [0, 0.1) is 6.92 Å². The molecule has 1 aromatic rings. The van der Waals surface area contributed by atoms with Crippen LogP contribution in [-0.4, -0.2) is 23.7 Å². The molecule has 4 nitrogen and oxygen atoms in total. The van der Waals surface area contributed by atoms with Crippen LogP contribution in [0.5, 0.6) is 0 Å². The van der Waals surface area contributed by atoms with Crippen molar-refractivity contribution in [2.45, 2.75) is 32.8 Å². The second-order valence-electron chi connectivity index (χ2n) is 4.24. The lowest BCUT2D eigenvalue weighted by atomic mass is 10.1. The first-order chi connectivity index (χ1) is 8.02. The zero-order chi connectivity index (χ0) is 12.8. The molecule has 0 aliphatic rings. The van der Waals surface area contributed by atoms with E-state index in [1.54, 1.807) is 12.1 Å². The van der Waals surface area contributed by atoms with Crippen molar-refractivity contribution in [3.63, 3.8) is 0 Å². The summed E-state index contributed by atoms with van der Waals surface area (Å²) in [7, 11) is 0. The molecule has 1 rings (SSSR count). The van der Waals surface area contributed by atoms with Crippen LogP contribution in [0.2, 0.25) is 0 Å². The number of hydrogen-bond acceptors (Lipinski definition) is 3. The second kappa shape index (κ2) is 6.25. The number of hydrogen-bond donors (Lipinski definition) is 3. The van der Waals surface area contributed by atoms with Crippen LogP contribution in [0.1, 0.15) is 35.7 Å². The predicted molar refractivity (Wildman–Crippen MR) is 68.8 cm³/mol. The Bertz CT molecular complexity index is 371. The highest BCUT2D eigenvalue weighted by Crippen LogP contribution is 2.11. The highest BCUT2D eigenvalue weighted by Gasteiger charge is 2.07. The Morgan fingerprint density at radius 3 is 2.76 bits per heavy atom. The van der Waals surface area contributed by atoms with Crippen LogP contribution < -0.4 is 11.1 Å². The number of rotatable bonds is 5. The van der Waals surface area contributed by atoms with Crippen LogP contribution in [-0.2, 0) is 0 Å². The van der Waals surface area contributed by atoms with Gasteiger partial charge in [0.2, 0.25) is 0 Å². The van der Waals surface area contributed by atoms with Gasteiger partial charge in [-0.2, -0.15) is 0 Å². The van der Waals surface area contributed by atoms with Crippen molar-refractivity contribution in [2.24, 2.45) is 0 Å². The molecule has 0 aromatic heterocycles. The molecule has 1 amide bonds. The average molecular weight is 236 g/mol. The van der Waals surface area contributed by atoms with Gasteiger partial charge in [0.1, 0.15) is 0 Å². The molecule has 0 spiro atoms. The van der Waals surface area contributed by atoms with Crippen molar-refractivity contribution in [3.8, 4) is 0 Å². The Labute approximate surface area is 102 Å². The molecule has 0 saturated carbocycles. The zero-order valence-electron chi connectivity index (χ0n) is 10.4. The number of carbonyl (C=O) groups excluding carboxylic acids is 1. The van der Waals surface area contributed by atoms with Crippen LogP contribution in [0.15, 0.2) is 18.2 Å². The molecule has 1 unspecified atom stereocenters. The fourth-order valence-electron chi connectivity index (χ4n) is 1.60. The van der Waals surface area contributed by atoms with E-state index in [4.69, 9.17) is 5.73 Å². The zero-order valence-corrected chi connectivity index (χ0v) is 10.4. The summed E-state index contributed by atoms with van der Waals surface area (Å²) < 4.78 is 0. The molecular formula is C13H20N2O2. The maximum atomic E-state index is 11.8. The van der Waals surface area contributed by atoms with Crippen LogP contribution in [0.4, 0.5) is 5.69 Å². The first kappa shape index (κ1) is 13.5. The molecule has 0 fully saturated rings. The smallest absolute Gasteiger partial charge is 0.251 e. The molecule has 1 atom stereocenters. The summed E-state index contributed by atoms with van der Waals surface area (Å²) in [4.78, 5) is 11.8. The summed E-state index contributed by atoms with van der Waals surface area (Å²) in [5.74, 6) is -0.149. The average Bonchev–Trinajstić information content (AvgIpc) is 2.27. The van der Waals surface area contributed by atoms with E-state index in [2.05, 4.69) is 5.32 Å². The molecular weight excluding hydrogens is 216 g/mol. The van der Waals surface area contributed by atoms with Gasteiger partial charge >= 0.3 is 0 Å². The first-order valence-electron chi connectivity index (χ1n) is 5.86. The van der Waals surface area contributed by atoms with Gasteiger partial charge in [-0.25, -0.2) is 0 Å². The number of nitrogens with two attached hydrogens (primary N) is 1. The molecule has 0 aliphatic heterocycles. The van der Waals surface area contributed by atoms with Crippen LogP contribution in [0.25, 0.3) is 0 Å². The van der Waals surface area contributed by atoms with Gasteiger partial charge in [0.15, 0.2) is 0 Å². The molecule has 1 aromatic carbocycles. The molecule has 4 heteroatoms. The lowest BCUT2D eigenvalue weighted by Crippen LogP contribution is -2.27. The monoisotopic (exact) mass is 236 g/mol. The third-order valence-electron chi connectivity index (χ3n) is 2.60. The van der Waals surface area contributed by atoms with E-state index in [0.717, 1.165) is 5.56 Å². The highest BCUT2D eigenvalue weighted by atomic mass is 16.3. The van der Waals surface area contributed by atoms with Crippen LogP contribution in [0.3, 0.4) is 0 Å². The highest BCUT2D eigenvalue weighted by molar-refractivity contribution is 5.95. The third-order valence-corrected chi connectivity index (χ3v) is 2.60. The van der Waals surface area contributed by atoms with E-state index < -0.39 is 0 Å². The van der Waals surface area contributed by atoms with Gasteiger partial charge in [-0.3, -0.25) is 4.79 Å². The minimum Gasteiger partial charge on any atom is -0.399 e. The summed E-state index contributed by atoms with van der Waals surface area (Å²) in [6, 6.07) is 5.26. The minimum absolute atomic E-state index is 0.149. The van der Waals surface area contributed by atoms with E-state index in [1.807, 2.05) is 19.9 Å². The lowest BCUT2D eigenvalue weighted by Gasteiger charge is -2.09. The summed E-state index contributed by atoms with van der Waals surface area (Å²) in [6.45, 7) is 4.28. The molecule has 94 valence electrons. The molecule has 0 saturated heterocycles. The maximum Gasteiger partial charge on any atom is 0.251 e. The number of nitrogen functional groups attached to an aromatic ring is 1. The van der Waals surface area contributed by atoms with Crippen molar-refractivity contribution in [1.82, 2.24) is 5.32 Å². The molecule has 0 aliphatic carbocycles. The van der Waals surface area contributed by atoms with E-state index in [-0.39, 0.29) is 12.0 Å². The fourth-order valence-corrected chi connectivity index (χ4v) is 1.60. The Hall–Kier alpha value is -1.55. The normalized spacial score (nSPS) is 12.2. The molecule has 0 radical (unpaired) electrons. The number of aliphatic hydroxyl groups excluding tert-OH is 1. The predicted octanol–water partition coefficient (Wildman–Crippen LogP) is 1.47. The molecule has 0 heterocycles. The summed E-state index contributed by atoms with van der Waals surface area (Å²) in [6.07, 6.45) is 0.925. The minimum atomic E-state index is -0.349. The summed E-state index contributed by atoms with van der Waals surface area (Å²) in [5.41, 5.74) is 7.79. The standard InChI is InChI=1S/C13H20N2O2/c1-3-12(16)4-5-15-13(17)10-6-9(2)7-11(14)8-10/h6-8,12,16H,3-5,14H2,1-2H3,(H,15,17). The van der Waals surface area contributed by atoms with Gasteiger partial charge in [-0.05, 0) is 43.5 Å². The van der Waals surface area contributed by atoms with Crippen molar-refractivity contribution in [2.75, 3.05) is 12.3 Å². The molecule has 17 heavy (non-hydrogen) atoms. The Balaban J connectivity index is 2.52. The molecule has 4 N–H and O–H groups in total. The fraction of sp³-hybridized carbons (Fsp3) is 0.462. The van der Waals surface area contributed by atoms with E-state index >= 15 is 0 Å². The Morgan fingerprint density at radius 2 is 2.18 bits per heavy atom. The van der Waals surface area contributed by atoms with Gasteiger partial charge in [-0.15, -0.1) is 0 Å². The lowest BCUT2D eigenvalue weighted by molar-refractivity contribution is 0.0942. The maximum absolute atomic E-state index is 11.8. The van der Waals surface area contributed by atoms with Crippen molar-refractivity contribution >= 4 is 11.6 Å². The number of anilines is 1. The SMILES string of the molecule is CCC(O)CCNC(=O)c1cc(C)cc(N)c1. The summed E-state index contributed by atoms with van der Waals surface area (Å²) >= 11 is 0. The number of aliphatic hydroxyl groups is 1. The van der Waals surface area contributed by atoms with E-state index in [0.29, 0.717) is 30.6 Å². The van der Waals surface area contributed by atoms with Crippen molar-refractivity contribution in [3.05, 3.63) is 29.3 Å². The number of amides is 1. The van der Waals surface area contributed by atoms with Gasteiger partial charge in [-0.1, -0.05) is 6.92 Å². The largest absolute Gasteiger partial charge is 0.399 e. The van der Waals surface area contributed by atoms with E-state index in [1.165, 1.54) is 0 Å². The Kier molecular flexibility index (Phi) is 4.97. The summed E-state index contributed by atoms with van der Waals surface area (Å²) in [5, 5.41) is 12.1. The number of nitrogens with one attached hydrogen (secondary N) is 1. The molecule has 0 bridgehead atoms. The third kappa shape index (κ3) is 4.44. The van der Waals surface area contributed by atoms with Gasteiger partial charge in [0.05, 0.1) is 6.10 Å². The quantitative estimate of drug-likeness (QED) is 0.678. The number of aryl methyl sites for hydroxylation is 1. The van der Waals surface area contributed by atoms with Crippen molar-refractivity contribution in [1.29, 1.82) is 0 Å². The van der Waals surface area contributed by atoms with E-state index in [9.17, 15) is 9.90 Å². The van der Waals surface area contributed by atoms with Gasteiger partial charge in [0.25, 0.3) is 5.91 Å². The van der Waals surface area contributed by atoms with Crippen LogP contribution >= 0.6 is 0 Å². The topological polar surface area (TPSA) is 75.3 Å².